The molecule has 0 atom stereocenters. The van der Waals surface area contributed by atoms with Crippen molar-refractivity contribution in [1.29, 1.82) is 0 Å². The van der Waals surface area contributed by atoms with E-state index in [-0.39, 0.29) is 0 Å². The minimum Gasteiger partial charge on any atom is -0.490 e. The highest BCUT2D eigenvalue weighted by Gasteiger charge is 2.06. The van der Waals surface area contributed by atoms with Crippen molar-refractivity contribution in [2.75, 3.05) is 13.2 Å². The average Bonchev–Trinajstić information content (AvgIpc) is 2.26. The first-order chi connectivity index (χ1) is 7.72. The van der Waals surface area contributed by atoms with Crippen molar-refractivity contribution in [3.63, 3.8) is 0 Å². The number of para-hydroxylation sites is 1. The van der Waals surface area contributed by atoms with Gasteiger partial charge in [-0.1, -0.05) is 12.1 Å². The lowest BCUT2D eigenvalue weighted by Gasteiger charge is -2.09. The van der Waals surface area contributed by atoms with E-state index >= 15 is 0 Å². The third-order valence-electron chi connectivity index (χ3n) is 2.51. The second kappa shape index (κ2) is 4.49. The molecule has 0 bridgehead atoms. The number of hydrogen-bond acceptors (Lipinski definition) is 3. The van der Waals surface area contributed by atoms with Gasteiger partial charge < -0.3 is 10.5 Å². The fourth-order valence-electron chi connectivity index (χ4n) is 1.84. The molecule has 0 radical (unpaired) electrons. The Bertz CT molecular complexity index is 509. The van der Waals surface area contributed by atoms with Crippen LogP contribution in [0.5, 0.6) is 5.75 Å². The molecule has 3 nitrogen and oxygen atoms in total. The molecule has 0 fully saturated rings. The van der Waals surface area contributed by atoms with Crippen molar-refractivity contribution in [3.8, 4) is 5.75 Å². The van der Waals surface area contributed by atoms with Gasteiger partial charge in [-0.3, -0.25) is 0 Å². The minimum atomic E-state index is 0.515. The summed E-state index contributed by atoms with van der Waals surface area (Å²) in [7, 11) is 0. The van der Waals surface area contributed by atoms with Gasteiger partial charge in [-0.05, 0) is 31.5 Å². The Morgan fingerprint density at radius 3 is 2.88 bits per heavy atom. The molecule has 0 amide bonds. The van der Waals surface area contributed by atoms with E-state index in [1.165, 1.54) is 5.56 Å². The van der Waals surface area contributed by atoms with Crippen LogP contribution in [0.15, 0.2) is 24.3 Å². The van der Waals surface area contributed by atoms with Gasteiger partial charge in [-0.15, -0.1) is 0 Å². The molecule has 0 saturated heterocycles. The van der Waals surface area contributed by atoms with Gasteiger partial charge in [0.15, 0.2) is 0 Å². The Morgan fingerprint density at radius 1 is 1.31 bits per heavy atom. The van der Waals surface area contributed by atoms with E-state index in [0.29, 0.717) is 13.2 Å². The molecular weight excluding hydrogens is 200 g/mol. The van der Waals surface area contributed by atoms with E-state index in [1.807, 2.05) is 19.1 Å². The van der Waals surface area contributed by atoms with Crippen LogP contribution in [0, 0.1) is 13.8 Å². The number of aromatic nitrogens is 1. The van der Waals surface area contributed by atoms with Gasteiger partial charge in [0, 0.05) is 17.6 Å². The van der Waals surface area contributed by atoms with Crippen LogP contribution in [0.1, 0.15) is 11.3 Å². The lowest BCUT2D eigenvalue weighted by Crippen LogP contribution is -2.11. The zero-order valence-corrected chi connectivity index (χ0v) is 9.66. The van der Waals surface area contributed by atoms with Gasteiger partial charge in [0.2, 0.25) is 0 Å². The number of nitrogens with two attached hydrogens (primary N) is 1. The standard InChI is InChI=1S/C13H16N2O/c1-9-8-10(2)15-13-11(9)4-3-5-12(13)16-7-6-14/h3-5,8H,6-7,14H2,1-2H3. The smallest absolute Gasteiger partial charge is 0.145 e. The van der Waals surface area contributed by atoms with Crippen LogP contribution in [-0.4, -0.2) is 18.1 Å². The molecule has 0 aliphatic heterocycles. The van der Waals surface area contributed by atoms with Crippen molar-refractivity contribution >= 4 is 10.9 Å². The number of pyridine rings is 1. The topological polar surface area (TPSA) is 48.1 Å². The molecule has 1 aromatic carbocycles. The number of aryl methyl sites for hydroxylation is 2. The summed E-state index contributed by atoms with van der Waals surface area (Å²) < 4.78 is 5.59. The van der Waals surface area contributed by atoms with Crippen LogP contribution in [-0.2, 0) is 0 Å². The molecule has 0 spiro atoms. The Kier molecular flexibility index (Phi) is 3.06. The maximum atomic E-state index is 5.59. The van der Waals surface area contributed by atoms with E-state index < -0.39 is 0 Å². The van der Waals surface area contributed by atoms with Gasteiger partial charge in [0.05, 0.1) is 0 Å². The van der Waals surface area contributed by atoms with Gasteiger partial charge in [-0.2, -0.15) is 0 Å². The van der Waals surface area contributed by atoms with E-state index in [4.69, 9.17) is 10.5 Å². The number of benzene rings is 1. The molecule has 2 aromatic rings. The van der Waals surface area contributed by atoms with Crippen molar-refractivity contribution in [1.82, 2.24) is 4.98 Å². The first kappa shape index (κ1) is 10.9. The molecule has 2 N–H and O–H groups in total. The quantitative estimate of drug-likeness (QED) is 0.855. The molecule has 84 valence electrons. The summed E-state index contributed by atoms with van der Waals surface area (Å²) in [6.07, 6.45) is 0. The summed E-state index contributed by atoms with van der Waals surface area (Å²) in [5, 5.41) is 1.14. The predicted octanol–water partition coefficient (Wildman–Crippen LogP) is 2.19. The van der Waals surface area contributed by atoms with Crippen LogP contribution in [0.4, 0.5) is 0 Å². The molecular formula is C13H16N2O. The highest BCUT2D eigenvalue weighted by Crippen LogP contribution is 2.26. The minimum absolute atomic E-state index is 0.515. The van der Waals surface area contributed by atoms with Crippen LogP contribution >= 0.6 is 0 Å². The maximum absolute atomic E-state index is 5.59. The number of fused-ring (bicyclic) bond motifs is 1. The highest BCUT2D eigenvalue weighted by atomic mass is 16.5. The number of hydrogen-bond donors (Lipinski definition) is 1. The SMILES string of the molecule is Cc1cc(C)c2cccc(OCCN)c2n1. The lowest BCUT2D eigenvalue weighted by molar-refractivity contribution is 0.331. The lowest BCUT2D eigenvalue weighted by atomic mass is 10.1. The molecule has 16 heavy (non-hydrogen) atoms. The Hall–Kier alpha value is -1.61. The predicted molar refractivity (Wildman–Crippen MR) is 65.8 cm³/mol. The fourth-order valence-corrected chi connectivity index (χ4v) is 1.84. The van der Waals surface area contributed by atoms with Gasteiger partial charge >= 0.3 is 0 Å². The number of nitrogens with zero attached hydrogens (tertiary/aromatic N) is 1. The largest absolute Gasteiger partial charge is 0.490 e. The van der Waals surface area contributed by atoms with Crippen molar-refractivity contribution < 1.29 is 4.74 Å². The van der Waals surface area contributed by atoms with E-state index in [9.17, 15) is 0 Å². The van der Waals surface area contributed by atoms with E-state index in [0.717, 1.165) is 22.3 Å². The zero-order chi connectivity index (χ0) is 11.5. The zero-order valence-electron chi connectivity index (χ0n) is 9.66. The van der Waals surface area contributed by atoms with Crippen LogP contribution in [0.3, 0.4) is 0 Å². The molecule has 0 saturated carbocycles. The highest BCUT2D eigenvalue weighted by molar-refractivity contribution is 5.87. The van der Waals surface area contributed by atoms with Gasteiger partial charge in [-0.25, -0.2) is 4.98 Å². The number of ether oxygens (including phenoxy) is 1. The van der Waals surface area contributed by atoms with Crippen molar-refractivity contribution in [2.45, 2.75) is 13.8 Å². The van der Waals surface area contributed by atoms with E-state index in [2.05, 4.69) is 24.0 Å². The first-order valence-corrected chi connectivity index (χ1v) is 5.42. The maximum Gasteiger partial charge on any atom is 0.145 e. The Balaban J connectivity index is 2.57. The summed E-state index contributed by atoms with van der Waals surface area (Å²) in [4.78, 5) is 4.52. The summed E-state index contributed by atoms with van der Waals surface area (Å²) in [6, 6.07) is 8.06. The van der Waals surface area contributed by atoms with Gasteiger partial charge in [0.1, 0.15) is 17.9 Å². The molecule has 3 heteroatoms. The fraction of sp³-hybridized carbons (Fsp3) is 0.308. The van der Waals surface area contributed by atoms with Crippen molar-refractivity contribution in [3.05, 3.63) is 35.5 Å². The molecule has 2 rings (SSSR count). The summed E-state index contributed by atoms with van der Waals surface area (Å²) >= 11 is 0. The molecule has 0 aliphatic carbocycles. The monoisotopic (exact) mass is 216 g/mol. The molecule has 0 unspecified atom stereocenters. The third kappa shape index (κ3) is 1.99. The average molecular weight is 216 g/mol. The second-order valence-corrected chi connectivity index (χ2v) is 3.87. The Labute approximate surface area is 95.2 Å². The van der Waals surface area contributed by atoms with Crippen LogP contribution in [0.2, 0.25) is 0 Å². The van der Waals surface area contributed by atoms with Gasteiger partial charge in [0.25, 0.3) is 0 Å². The molecule has 0 aliphatic rings. The van der Waals surface area contributed by atoms with Crippen LogP contribution < -0.4 is 10.5 Å². The molecule has 1 heterocycles. The first-order valence-electron chi connectivity index (χ1n) is 5.42. The second-order valence-electron chi connectivity index (χ2n) is 3.87. The summed E-state index contributed by atoms with van der Waals surface area (Å²) in [5.74, 6) is 0.815. The van der Waals surface area contributed by atoms with Crippen molar-refractivity contribution in [2.24, 2.45) is 5.73 Å². The number of rotatable bonds is 3. The Morgan fingerprint density at radius 2 is 2.12 bits per heavy atom. The third-order valence-corrected chi connectivity index (χ3v) is 2.51. The normalized spacial score (nSPS) is 10.7. The summed E-state index contributed by atoms with van der Waals surface area (Å²) in [5.41, 5.74) is 8.59. The summed E-state index contributed by atoms with van der Waals surface area (Å²) in [6.45, 7) is 5.12. The molecule has 1 aromatic heterocycles. The van der Waals surface area contributed by atoms with E-state index in [1.54, 1.807) is 0 Å². The van der Waals surface area contributed by atoms with Crippen LogP contribution in [0.25, 0.3) is 10.9 Å².